The van der Waals surface area contributed by atoms with Crippen LogP contribution in [0.3, 0.4) is 0 Å². The van der Waals surface area contributed by atoms with E-state index in [9.17, 15) is 0 Å². The second-order valence-corrected chi connectivity index (χ2v) is 5.25. The highest BCUT2D eigenvalue weighted by atomic mass is 16.5. The van der Waals surface area contributed by atoms with Crippen LogP contribution in [-0.4, -0.2) is 33.7 Å². The van der Waals surface area contributed by atoms with Gasteiger partial charge in [-0.2, -0.15) is 4.98 Å². The summed E-state index contributed by atoms with van der Waals surface area (Å²) >= 11 is 0. The number of aromatic nitrogens is 2. The summed E-state index contributed by atoms with van der Waals surface area (Å²) in [4.78, 5) is 6.81. The maximum absolute atomic E-state index is 6.06. The molecule has 2 rings (SSSR count). The van der Waals surface area contributed by atoms with E-state index in [0.717, 1.165) is 37.6 Å². The molecule has 1 aliphatic heterocycles. The van der Waals surface area contributed by atoms with Gasteiger partial charge in [0.25, 0.3) is 0 Å². The summed E-state index contributed by atoms with van der Waals surface area (Å²) in [6, 6.07) is 0.642. The molecule has 0 amide bonds. The minimum Gasteiger partial charge on any atom is -0.338 e. The van der Waals surface area contributed by atoms with E-state index in [1.807, 2.05) is 0 Å². The van der Waals surface area contributed by atoms with Crippen molar-refractivity contribution in [3.8, 4) is 0 Å². The molecule has 0 radical (unpaired) electrons. The lowest BCUT2D eigenvalue weighted by molar-refractivity contribution is 0.109. The van der Waals surface area contributed by atoms with Crippen molar-refractivity contribution in [1.82, 2.24) is 15.0 Å². The van der Waals surface area contributed by atoms with Crippen molar-refractivity contribution in [3.63, 3.8) is 0 Å². The van der Waals surface area contributed by atoms with Gasteiger partial charge in [0.05, 0.1) is 6.54 Å². The Morgan fingerprint density at radius 3 is 3.06 bits per heavy atom. The number of likely N-dealkylation sites (tertiary alicyclic amines) is 1. The molecule has 102 valence electrons. The quantitative estimate of drug-likeness (QED) is 0.864. The zero-order valence-electron chi connectivity index (χ0n) is 11.4. The average molecular weight is 252 g/mol. The van der Waals surface area contributed by atoms with Gasteiger partial charge in [0.1, 0.15) is 0 Å². The molecule has 5 heteroatoms. The second-order valence-electron chi connectivity index (χ2n) is 5.25. The first-order valence-electron chi connectivity index (χ1n) is 7.01. The van der Waals surface area contributed by atoms with Gasteiger partial charge in [0.15, 0.2) is 5.82 Å². The Balaban J connectivity index is 1.97. The van der Waals surface area contributed by atoms with Gasteiger partial charge < -0.3 is 10.3 Å². The Hall–Kier alpha value is -0.940. The van der Waals surface area contributed by atoms with Crippen LogP contribution in [-0.2, 0) is 13.0 Å². The number of nitrogens with two attached hydrogens (primary N) is 1. The SMILES string of the molecule is CCCc1noc(CN2CCCCC2C(C)N)n1. The molecule has 1 fully saturated rings. The van der Waals surface area contributed by atoms with Crippen molar-refractivity contribution >= 4 is 0 Å². The van der Waals surface area contributed by atoms with Crippen LogP contribution >= 0.6 is 0 Å². The van der Waals surface area contributed by atoms with E-state index in [1.54, 1.807) is 0 Å². The fourth-order valence-electron chi connectivity index (χ4n) is 2.66. The largest absolute Gasteiger partial charge is 0.338 e. The first kappa shape index (κ1) is 13.5. The van der Waals surface area contributed by atoms with Crippen molar-refractivity contribution in [2.24, 2.45) is 5.73 Å². The molecule has 1 aliphatic rings. The summed E-state index contributed by atoms with van der Waals surface area (Å²) in [7, 11) is 0. The third-order valence-corrected chi connectivity index (χ3v) is 3.59. The summed E-state index contributed by atoms with van der Waals surface area (Å²) in [6.45, 7) is 6.02. The van der Waals surface area contributed by atoms with Crippen molar-refractivity contribution in [1.29, 1.82) is 0 Å². The zero-order chi connectivity index (χ0) is 13.0. The van der Waals surface area contributed by atoms with E-state index in [1.165, 1.54) is 19.3 Å². The predicted molar refractivity (Wildman–Crippen MR) is 70.0 cm³/mol. The first-order chi connectivity index (χ1) is 8.70. The Labute approximate surface area is 109 Å². The molecule has 0 aromatic carbocycles. The Kier molecular flexibility index (Phi) is 4.72. The van der Waals surface area contributed by atoms with Crippen molar-refractivity contribution in [2.75, 3.05) is 6.54 Å². The van der Waals surface area contributed by atoms with Crippen molar-refractivity contribution in [2.45, 2.75) is 64.6 Å². The lowest BCUT2D eigenvalue weighted by Gasteiger charge is -2.37. The fraction of sp³-hybridized carbons (Fsp3) is 0.846. The molecule has 2 heterocycles. The number of aryl methyl sites for hydroxylation is 1. The standard InChI is InChI=1S/C13H24N4O/c1-3-6-12-15-13(18-16-12)9-17-8-5-4-7-11(17)10(2)14/h10-11H,3-9,14H2,1-2H3. The molecule has 18 heavy (non-hydrogen) atoms. The maximum Gasteiger partial charge on any atom is 0.240 e. The lowest BCUT2D eigenvalue weighted by Crippen LogP contribution is -2.48. The topological polar surface area (TPSA) is 68.2 Å². The summed E-state index contributed by atoms with van der Waals surface area (Å²) < 4.78 is 5.30. The number of hydrogen-bond donors (Lipinski definition) is 1. The summed E-state index contributed by atoms with van der Waals surface area (Å²) in [5.41, 5.74) is 6.06. The monoisotopic (exact) mass is 252 g/mol. The van der Waals surface area contributed by atoms with Crippen molar-refractivity contribution < 1.29 is 4.52 Å². The number of nitrogens with zero attached hydrogens (tertiary/aromatic N) is 3. The molecule has 2 N–H and O–H groups in total. The smallest absolute Gasteiger partial charge is 0.240 e. The lowest BCUT2D eigenvalue weighted by atomic mass is 9.97. The van der Waals surface area contributed by atoms with Crippen LogP contribution in [0.4, 0.5) is 0 Å². The first-order valence-corrected chi connectivity index (χ1v) is 7.01. The molecule has 2 unspecified atom stereocenters. The van der Waals surface area contributed by atoms with E-state index >= 15 is 0 Å². The van der Waals surface area contributed by atoms with Crippen LogP contribution in [0.15, 0.2) is 4.52 Å². The normalized spacial score (nSPS) is 23.2. The molecular formula is C13H24N4O. The van der Waals surface area contributed by atoms with Crippen molar-refractivity contribution in [3.05, 3.63) is 11.7 Å². The highest BCUT2D eigenvalue weighted by Crippen LogP contribution is 2.20. The van der Waals surface area contributed by atoms with Gasteiger partial charge in [-0.25, -0.2) is 0 Å². The molecule has 1 aromatic heterocycles. The van der Waals surface area contributed by atoms with E-state index in [-0.39, 0.29) is 6.04 Å². The highest BCUT2D eigenvalue weighted by molar-refractivity contribution is 4.90. The average Bonchev–Trinajstić information content (AvgIpc) is 2.77. The van der Waals surface area contributed by atoms with Crippen LogP contribution in [0.2, 0.25) is 0 Å². The van der Waals surface area contributed by atoms with Gasteiger partial charge in [-0.15, -0.1) is 0 Å². The Bertz CT molecular complexity index is 364. The minimum atomic E-state index is 0.198. The molecule has 1 aromatic rings. The van der Waals surface area contributed by atoms with Crippen LogP contribution in [0.25, 0.3) is 0 Å². The molecule has 5 nitrogen and oxygen atoms in total. The number of hydrogen-bond acceptors (Lipinski definition) is 5. The van der Waals surface area contributed by atoms with Gasteiger partial charge in [0.2, 0.25) is 5.89 Å². The Morgan fingerprint density at radius 2 is 2.33 bits per heavy atom. The summed E-state index contributed by atoms with van der Waals surface area (Å²) in [6.07, 6.45) is 5.62. The molecule has 1 saturated heterocycles. The Morgan fingerprint density at radius 1 is 1.50 bits per heavy atom. The van der Waals surface area contributed by atoms with E-state index < -0.39 is 0 Å². The molecule has 0 bridgehead atoms. The van der Waals surface area contributed by atoms with E-state index in [0.29, 0.717) is 6.04 Å². The fourth-order valence-corrected chi connectivity index (χ4v) is 2.66. The van der Waals surface area contributed by atoms with Gasteiger partial charge in [-0.1, -0.05) is 18.5 Å². The predicted octanol–water partition coefficient (Wildman–Crippen LogP) is 1.72. The van der Waals surface area contributed by atoms with Gasteiger partial charge in [-0.3, -0.25) is 4.90 Å². The molecule has 2 atom stereocenters. The molecule has 0 aliphatic carbocycles. The van der Waals surface area contributed by atoms with Crippen LogP contribution in [0.5, 0.6) is 0 Å². The third-order valence-electron chi connectivity index (χ3n) is 3.59. The highest BCUT2D eigenvalue weighted by Gasteiger charge is 2.26. The zero-order valence-corrected chi connectivity index (χ0v) is 11.4. The number of rotatable bonds is 5. The maximum atomic E-state index is 6.06. The van der Waals surface area contributed by atoms with E-state index in [2.05, 4.69) is 28.9 Å². The summed E-state index contributed by atoms with van der Waals surface area (Å²) in [5.74, 6) is 1.55. The van der Waals surface area contributed by atoms with Gasteiger partial charge in [0, 0.05) is 18.5 Å². The molecular weight excluding hydrogens is 228 g/mol. The third kappa shape index (κ3) is 3.29. The molecule has 0 saturated carbocycles. The summed E-state index contributed by atoms with van der Waals surface area (Å²) in [5, 5.41) is 4.00. The van der Waals surface area contributed by atoms with Crippen LogP contribution in [0, 0.1) is 0 Å². The van der Waals surface area contributed by atoms with Crippen LogP contribution in [0.1, 0.15) is 51.2 Å². The van der Waals surface area contributed by atoms with Crippen LogP contribution < -0.4 is 5.73 Å². The molecule has 0 spiro atoms. The number of piperidine rings is 1. The van der Waals surface area contributed by atoms with E-state index in [4.69, 9.17) is 10.3 Å². The van der Waals surface area contributed by atoms with Gasteiger partial charge >= 0.3 is 0 Å². The second kappa shape index (κ2) is 6.29. The van der Waals surface area contributed by atoms with Gasteiger partial charge in [-0.05, 0) is 32.7 Å². The minimum absolute atomic E-state index is 0.198.